The van der Waals surface area contributed by atoms with Gasteiger partial charge in [-0.15, -0.1) is 0 Å². The Labute approximate surface area is 149 Å². The zero-order valence-corrected chi connectivity index (χ0v) is 14.2. The van der Waals surface area contributed by atoms with Crippen LogP contribution < -0.4 is 9.47 Å². The fraction of sp³-hybridized carbons (Fsp3) is 0.100. The summed E-state index contributed by atoms with van der Waals surface area (Å²) in [4.78, 5) is 0. The van der Waals surface area contributed by atoms with Gasteiger partial charge in [-0.05, 0) is 24.6 Å². The van der Waals surface area contributed by atoms with Crippen molar-refractivity contribution in [2.45, 2.75) is 13.5 Å². The minimum absolute atomic E-state index is 0.0595. The maximum atomic E-state index is 13.2. The lowest BCUT2D eigenvalue weighted by atomic mass is 10.2. The van der Waals surface area contributed by atoms with Crippen LogP contribution in [0.2, 0.25) is 5.02 Å². The van der Waals surface area contributed by atoms with Crippen molar-refractivity contribution in [3.63, 3.8) is 0 Å². The van der Waals surface area contributed by atoms with Crippen LogP contribution in [0.3, 0.4) is 0 Å². The van der Waals surface area contributed by atoms with Crippen molar-refractivity contribution in [2.24, 2.45) is 0 Å². The molecule has 0 bridgehead atoms. The lowest BCUT2D eigenvalue weighted by molar-refractivity contribution is 0.305. The average molecular weight is 361 g/mol. The van der Waals surface area contributed by atoms with Crippen molar-refractivity contribution in [2.75, 3.05) is 0 Å². The van der Waals surface area contributed by atoms with Gasteiger partial charge in [0.05, 0.1) is 5.02 Å². The lowest BCUT2D eigenvalue weighted by Gasteiger charge is -2.11. The number of aryl methyl sites for hydroxylation is 1. The summed E-state index contributed by atoms with van der Waals surface area (Å²) in [6, 6.07) is 15.7. The fourth-order valence-corrected chi connectivity index (χ4v) is 2.40. The summed E-state index contributed by atoms with van der Waals surface area (Å²) in [6.07, 6.45) is 0. The van der Waals surface area contributed by atoms with Gasteiger partial charge < -0.3 is 9.47 Å². The molecule has 0 aliphatic carbocycles. The number of ether oxygens (including phenoxy) is 2. The largest absolute Gasteiger partial charge is 0.487 e. The molecule has 25 heavy (non-hydrogen) atoms. The van der Waals surface area contributed by atoms with Crippen molar-refractivity contribution in [1.29, 1.82) is 0 Å². The van der Waals surface area contributed by atoms with Gasteiger partial charge in [-0.25, -0.2) is 8.78 Å². The predicted molar refractivity (Wildman–Crippen MR) is 93.4 cm³/mol. The van der Waals surface area contributed by atoms with Gasteiger partial charge in [0.15, 0.2) is 0 Å². The van der Waals surface area contributed by atoms with Crippen LogP contribution in [0, 0.1) is 18.6 Å². The molecule has 0 spiro atoms. The van der Waals surface area contributed by atoms with Gasteiger partial charge in [0.1, 0.15) is 35.5 Å². The number of halogens is 3. The van der Waals surface area contributed by atoms with Crippen LogP contribution in [0.5, 0.6) is 17.2 Å². The zero-order valence-electron chi connectivity index (χ0n) is 13.4. The molecule has 0 unspecified atom stereocenters. The van der Waals surface area contributed by atoms with Gasteiger partial charge in [0.25, 0.3) is 0 Å². The van der Waals surface area contributed by atoms with Gasteiger partial charge in [0.2, 0.25) is 0 Å². The Morgan fingerprint density at radius 2 is 1.52 bits per heavy atom. The summed E-state index contributed by atoms with van der Waals surface area (Å²) in [5, 5.41) is 0.421. The SMILES string of the molecule is Cc1ccc(COc2cc(Oc3cc(F)cc(F)c3)ccc2Cl)cc1. The van der Waals surface area contributed by atoms with Crippen molar-refractivity contribution in [3.8, 4) is 17.2 Å². The zero-order chi connectivity index (χ0) is 17.8. The van der Waals surface area contributed by atoms with Crippen molar-refractivity contribution < 1.29 is 18.3 Å². The van der Waals surface area contributed by atoms with Crippen LogP contribution in [-0.4, -0.2) is 0 Å². The second kappa shape index (κ2) is 7.53. The Morgan fingerprint density at radius 3 is 2.20 bits per heavy atom. The first-order chi connectivity index (χ1) is 12.0. The molecule has 0 atom stereocenters. The molecule has 5 heteroatoms. The fourth-order valence-electron chi connectivity index (χ4n) is 2.23. The van der Waals surface area contributed by atoms with Crippen molar-refractivity contribution in [3.05, 3.63) is 88.4 Å². The lowest BCUT2D eigenvalue weighted by Crippen LogP contribution is -1.96. The van der Waals surface area contributed by atoms with E-state index in [2.05, 4.69) is 0 Å². The Morgan fingerprint density at radius 1 is 0.840 bits per heavy atom. The van der Waals surface area contributed by atoms with E-state index in [9.17, 15) is 8.78 Å². The molecule has 3 aromatic rings. The molecule has 0 radical (unpaired) electrons. The van der Waals surface area contributed by atoms with Gasteiger partial charge in [-0.1, -0.05) is 41.4 Å². The van der Waals surface area contributed by atoms with Crippen molar-refractivity contribution in [1.82, 2.24) is 0 Å². The van der Waals surface area contributed by atoms with E-state index < -0.39 is 11.6 Å². The topological polar surface area (TPSA) is 18.5 Å². The smallest absolute Gasteiger partial charge is 0.142 e. The van der Waals surface area contributed by atoms with Crippen molar-refractivity contribution >= 4 is 11.6 Å². The summed E-state index contributed by atoms with van der Waals surface area (Å²) in [7, 11) is 0. The Hall–Kier alpha value is -2.59. The molecule has 0 aromatic heterocycles. The van der Waals surface area contributed by atoms with E-state index in [0.29, 0.717) is 23.1 Å². The standard InChI is InChI=1S/C20H15ClF2O2/c1-13-2-4-14(5-3-13)12-24-20-11-17(6-7-19(20)21)25-18-9-15(22)8-16(23)10-18/h2-11H,12H2,1H3. The molecule has 3 aromatic carbocycles. The second-order valence-corrected chi connectivity index (χ2v) is 5.98. The highest BCUT2D eigenvalue weighted by atomic mass is 35.5. The quantitative estimate of drug-likeness (QED) is 0.531. The Kier molecular flexibility index (Phi) is 5.19. The molecule has 0 amide bonds. The van der Waals surface area contributed by atoms with Crippen LogP contribution in [0.1, 0.15) is 11.1 Å². The molecular weight excluding hydrogens is 346 g/mol. The van der Waals surface area contributed by atoms with E-state index in [1.165, 1.54) is 5.56 Å². The van der Waals surface area contributed by atoms with Gasteiger partial charge in [-0.3, -0.25) is 0 Å². The van der Waals surface area contributed by atoms with Crippen LogP contribution in [0.4, 0.5) is 8.78 Å². The third kappa shape index (κ3) is 4.70. The molecule has 128 valence electrons. The van der Waals surface area contributed by atoms with Gasteiger partial charge in [-0.2, -0.15) is 0 Å². The molecule has 0 aliphatic heterocycles. The highest BCUT2D eigenvalue weighted by Crippen LogP contribution is 2.32. The van der Waals surface area contributed by atoms with Crippen LogP contribution in [-0.2, 0) is 6.61 Å². The minimum Gasteiger partial charge on any atom is -0.487 e. The molecule has 0 aliphatic rings. The van der Waals surface area contributed by atoms with Crippen LogP contribution in [0.25, 0.3) is 0 Å². The molecule has 3 rings (SSSR count). The third-order valence-electron chi connectivity index (χ3n) is 3.49. The van der Waals surface area contributed by atoms with Crippen LogP contribution >= 0.6 is 11.6 Å². The van der Waals surface area contributed by atoms with Gasteiger partial charge in [0, 0.05) is 24.3 Å². The summed E-state index contributed by atoms with van der Waals surface area (Å²) in [5.74, 6) is -0.561. The highest BCUT2D eigenvalue weighted by Gasteiger charge is 2.08. The second-order valence-electron chi connectivity index (χ2n) is 5.57. The van der Waals surface area contributed by atoms with E-state index in [1.807, 2.05) is 31.2 Å². The first kappa shape index (κ1) is 17.2. The monoisotopic (exact) mass is 360 g/mol. The van der Waals surface area contributed by atoms with Gasteiger partial charge >= 0.3 is 0 Å². The number of rotatable bonds is 5. The van der Waals surface area contributed by atoms with E-state index in [0.717, 1.165) is 23.8 Å². The molecule has 0 N–H and O–H groups in total. The molecule has 0 heterocycles. The van der Waals surface area contributed by atoms with E-state index in [-0.39, 0.29) is 5.75 Å². The Bertz CT molecular complexity index is 859. The molecule has 0 saturated carbocycles. The summed E-state index contributed by atoms with van der Waals surface area (Å²) < 4.78 is 37.7. The highest BCUT2D eigenvalue weighted by molar-refractivity contribution is 6.32. The number of hydrogen-bond donors (Lipinski definition) is 0. The molecule has 2 nitrogen and oxygen atoms in total. The summed E-state index contributed by atoms with van der Waals surface area (Å²) in [5.41, 5.74) is 2.17. The van der Waals surface area contributed by atoms with E-state index >= 15 is 0 Å². The van der Waals surface area contributed by atoms with E-state index in [1.54, 1.807) is 18.2 Å². The number of hydrogen-bond acceptors (Lipinski definition) is 2. The molecule has 0 saturated heterocycles. The Balaban J connectivity index is 1.74. The maximum absolute atomic E-state index is 13.2. The summed E-state index contributed by atoms with van der Waals surface area (Å²) >= 11 is 6.14. The van der Waals surface area contributed by atoms with Crippen LogP contribution in [0.15, 0.2) is 60.7 Å². The minimum atomic E-state index is -0.709. The predicted octanol–water partition coefficient (Wildman–Crippen LogP) is 6.30. The number of benzene rings is 3. The average Bonchev–Trinajstić information content (AvgIpc) is 2.56. The third-order valence-corrected chi connectivity index (χ3v) is 3.80. The first-order valence-electron chi connectivity index (χ1n) is 7.61. The molecule has 0 fully saturated rings. The molecular formula is C20H15ClF2O2. The normalized spacial score (nSPS) is 10.6. The maximum Gasteiger partial charge on any atom is 0.142 e. The van der Waals surface area contributed by atoms with E-state index in [4.69, 9.17) is 21.1 Å². The summed E-state index contributed by atoms with van der Waals surface area (Å²) in [6.45, 7) is 2.36. The first-order valence-corrected chi connectivity index (χ1v) is 7.99.